The van der Waals surface area contributed by atoms with Crippen molar-refractivity contribution in [2.45, 2.75) is 44.1 Å². The average molecular weight is 193 g/mol. The van der Waals surface area contributed by atoms with E-state index in [2.05, 4.69) is 5.32 Å². The Morgan fingerprint density at radius 2 is 1.86 bits per heavy atom. The molecule has 1 spiro atoms. The summed E-state index contributed by atoms with van der Waals surface area (Å²) in [6, 6.07) is 0. The van der Waals surface area contributed by atoms with E-state index in [4.69, 9.17) is 4.74 Å². The summed E-state index contributed by atoms with van der Waals surface area (Å²) in [6.45, 7) is 3.26. The standard InChI is InChI=1S/C12H19NO/c1-2-5-12(4-1)7-10(3-6-14-12)11-8-13-9-11/h13H,1-9H2. The van der Waals surface area contributed by atoms with Crippen molar-refractivity contribution in [3.05, 3.63) is 11.1 Å². The third kappa shape index (κ3) is 1.41. The van der Waals surface area contributed by atoms with Gasteiger partial charge >= 0.3 is 0 Å². The highest BCUT2D eigenvalue weighted by Crippen LogP contribution is 2.42. The highest BCUT2D eigenvalue weighted by molar-refractivity contribution is 5.26. The quantitative estimate of drug-likeness (QED) is 0.594. The van der Waals surface area contributed by atoms with Gasteiger partial charge in [0.15, 0.2) is 0 Å². The highest BCUT2D eigenvalue weighted by atomic mass is 16.5. The highest BCUT2D eigenvalue weighted by Gasteiger charge is 2.38. The van der Waals surface area contributed by atoms with Crippen molar-refractivity contribution in [2.75, 3.05) is 19.7 Å². The second-order valence-corrected chi connectivity index (χ2v) is 4.98. The first kappa shape index (κ1) is 8.93. The Kier molecular flexibility index (Phi) is 2.14. The van der Waals surface area contributed by atoms with E-state index < -0.39 is 0 Å². The fraction of sp³-hybridized carbons (Fsp3) is 0.833. The molecule has 0 aromatic heterocycles. The molecule has 3 rings (SSSR count). The molecule has 0 bridgehead atoms. The van der Waals surface area contributed by atoms with Gasteiger partial charge in [0.1, 0.15) is 0 Å². The number of hydrogen-bond donors (Lipinski definition) is 1. The van der Waals surface area contributed by atoms with Crippen molar-refractivity contribution in [1.29, 1.82) is 0 Å². The third-order valence-electron chi connectivity index (χ3n) is 4.04. The maximum Gasteiger partial charge on any atom is 0.0719 e. The van der Waals surface area contributed by atoms with E-state index in [0.717, 1.165) is 19.7 Å². The molecule has 0 atom stereocenters. The summed E-state index contributed by atoms with van der Waals surface area (Å²) in [6.07, 6.45) is 7.79. The first-order chi connectivity index (χ1) is 6.88. The van der Waals surface area contributed by atoms with Crippen molar-refractivity contribution in [1.82, 2.24) is 5.32 Å². The van der Waals surface area contributed by atoms with Crippen LogP contribution in [0.1, 0.15) is 38.5 Å². The lowest BCUT2D eigenvalue weighted by molar-refractivity contribution is -0.0565. The second-order valence-electron chi connectivity index (χ2n) is 4.98. The molecule has 1 N–H and O–H groups in total. The molecule has 14 heavy (non-hydrogen) atoms. The minimum absolute atomic E-state index is 0.274. The molecule has 2 saturated heterocycles. The summed E-state index contributed by atoms with van der Waals surface area (Å²) in [5, 5.41) is 3.34. The van der Waals surface area contributed by atoms with Gasteiger partial charge < -0.3 is 10.1 Å². The first-order valence-electron chi connectivity index (χ1n) is 5.92. The Bertz CT molecular complexity index is 257. The van der Waals surface area contributed by atoms with Crippen LogP contribution in [0.15, 0.2) is 11.1 Å². The summed E-state index contributed by atoms with van der Waals surface area (Å²) in [4.78, 5) is 0. The van der Waals surface area contributed by atoms with E-state index in [1.165, 1.54) is 38.5 Å². The molecule has 3 fully saturated rings. The van der Waals surface area contributed by atoms with Crippen LogP contribution < -0.4 is 5.32 Å². The Morgan fingerprint density at radius 3 is 2.50 bits per heavy atom. The predicted molar refractivity (Wildman–Crippen MR) is 56.3 cm³/mol. The lowest BCUT2D eigenvalue weighted by Gasteiger charge is -2.37. The molecule has 2 nitrogen and oxygen atoms in total. The van der Waals surface area contributed by atoms with E-state index in [-0.39, 0.29) is 5.60 Å². The van der Waals surface area contributed by atoms with Crippen LogP contribution in [-0.4, -0.2) is 25.3 Å². The number of ether oxygens (including phenoxy) is 1. The van der Waals surface area contributed by atoms with Gasteiger partial charge in [0.2, 0.25) is 0 Å². The molecule has 1 saturated carbocycles. The molecular weight excluding hydrogens is 174 g/mol. The zero-order valence-corrected chi connectivity index (χ0v) is 8.77. The van der Waals surface area contributed by atoms with E-state index in [0.29, 0.717) is 0 Å². The van der Waals surface area contributed by atoms with Gasteiger partial charge in [0.25, 0.3) is 0 Å². The van der Waals surface area contributed by atoms with E-state index >= 15 is 0 Å². The summed E-state index contributed by atoms with van der Waals surface area (Å²) in [5.41, 5.74) is 3.67. The van der Waals surface area contributed by atoms with Gasteiger partial charge in [-0.3, -0.25) is 0 Å². The lowest BCUT2D eigenvalue weighted by Crippen LogP contribution is -2.40. The molecule has 1 aliphatic carbocycles. The smallest absolute Gasteiger partial charge is 0.0719 e. The van der Waals surface area contributed by atoms with Crippen LogP contribution in [-0.2, 0) is 4.74 Å². The minimum Gasteiger partial charge on any atom is -0.374 e. The van der Waals surface area contributed by atoms with Crippen LogP contribution in [0.3, 0.4) is 0 Å². The molecule has 2 heteroatoms. The van der Waals surface area contributed by atoms with Gasteiger partial charge in [-0.05, 0) is 31.3 Å². The van der Waals surface area contributed by atoms with Crippen LogP contribution in [0.25, 0.3) is 0 Å². The summed E-state index contributed by atoms with van der Waals surface area (Å²) >= 11 is 0. The Morgan fingerprint density at radius 1 is 1.07 bits per heavy atom. The maximum atomic E-state index is 6.02. The monoisotopic (exact) mass is 193 g/mol. The molecule has 0 radical (unpaired) electrons. The van der Waals surface area contributed by atoms with Gasteiger partial charge in [0, 0.05) is 13.1 Å². The molecule has 0 aromatic rings. The Hall–Kier alpha value is -0.340. The van der Waals surface area contributed by atoms with Crippen LogP contribution in [0.4, 0.5) is 0 Å². The second kappa shape index (κ2) is 3.35. The zero-order valence-electron chi connectivity index (χ0n) is 8.77. The van der Waals surface area contributed by atoms with E-state index in [1.807, 2.05) is 0 Å². The molecule has 2 heterocycles. The molecule has 0 unspecified atom stereocenters. The molecule has 0 aromatic carbocycles. The van der Waals surface area contributed by atoms with Gasteiger partial charge in [-0.15, -0.1) is 0 Å². The Labute approximate surface area is 85.7 Å². The third-order valence-corrected chi connectivity index (χ3v) is 4.04. The van der Waals surface area contributed by atoms with Crippen molar-refractivity contribution in [3.63, 3.8) is 0 Å². The van der Waals surface area contributed by atoms with Crippen molar-refractivity contribution >= 4 is 0 Å². The summed E-state index contributed by atoms with van der Waals surface area (Å²) < 4.78 is 6.02. The first-order valence-corrected chi connectivity index (χ1v) is 5.92. The van der Waals surface area contributed by atoms with Crippen molar-refractivity contribution in [3.8, 4) is 0 Å². The largest absolute Gasteiger partial charge is 0.374 e. The van der Waals surface area contributed by atoms with Gasteiger partial charge in [-0.25, -0.2) is 0 Å². The molecule has 0 amide bonds. The summed E-state index contributed by atoms with van der Waals surface area (Å²) in [5.74, 6) is 0. The number of hydrogen-bond acceptors (Lipinski definition) is 2. The topological polar surface area (TPSA) is 21.3 Å². The number of rotatable bonds is 0. The van der Waals surface area contributed by atoms with Crippen LogP contribution >= 0.6 is 0 Å². The average Bonchev–Trinajstić information content (AvgIpc) is 2.50. The van der Waals surface area contributed by atoms with Crippen molar-refractivity contribution < 1.29 is 4.74 Å². The predicted octanol–water partition coefficient (Wildman–Crippen LogP) is 2.01. The molecule has 78 valence electrons. The molecule has 2 aliphatic heterocycles. The maximum absolute atomic E-state index is 6.02. The molecular formula is C12H19NO. The fourth-order valence-corrected chi connectivity index (χ4v) is 3.06. The van der Waals surface area contributed by atoms with Gasteiger partial charge in [-0.1, -0.05) is 18.4 Å². The molecule has 3 aliphatic rings. The summed E-state index contributed by atoms with van der Waals surface area (Å²) in [7, 11) is 0. The van der Waals surface area contributed by atoms with E-state index in [1.54, 1.807) is 11.1 Å². The van der Waals surface area contributed by atoms with Crippen molar-refractivity contribution in [2.24, 2.45) is 0 Å². The zero-order chi connectivity index (χ0) is 9.43. The fourth-order valence-electron chi connectivity index (χ4n) is 3.06. The van der Waals surface area contributed by atoms with E-state index in [9.17, 15) is 0 Å². The Balaban J connectivity index is 1.77. The van der Waals surface area contributed by atoms with Crippen LogP contribution in [0.2, 0.25) is 0 Å². The minimum atomic E-state index is 0.274. The van der Waals surface area contributed by atoms with Gasteiger partial charge in [-0.2, -0.15) is 0 Å². The van der Waals surface area contributed by atoms with Gasteiger partial charge in [0.05, 0.1) is 12.2 Å². The van der Waals surface area contributed by atoms with Crippen LogP contribution in [0.5, 0.6) is 0 Å². The van der Waals surface area contributed by atoms with Crippen LogP contribution in [0, 0.1) is 0 Å². The SMILES string of the molecule is C1CCC2(C1)CC(=C1CNC1)CCO2. The normalized spacial score (nSPS) is 30.9. The lowest BCUT2D eigenvalue weighted by atomic mass is 9.85. The number of nitrogens with one attached hydrogen (secondary N) is 1.